The van der Waals surface area contributed by atoms with Crippen LogP contribution in [-0.4, -0.2) is 65.9 Å². The number of aromatic nitrogens is 4. The monoisotopic (exact) mass is 516 g/mol. The first-order valence-corrected chi connectivity index (χ1v) is 14.2. The molecule has 0 aliphatic carbocycles. The number of nitrogens with zero attached hydrogens (tertiary/aromatic N) is 4. The third kappa shape index (κ3) is 5.47. The summed E-state index contributed by atoms with van der Waals surface area (Å²) in [4.78, 5) is 22.9. The van der Waals surface area contributed by atoms with Gasteiger partial charge >= 0.3 is 0 Å². The van der Waals surface area contributed by atoms with E-state index < -0.39 is 10.0 Å². The van der Waals surface area contributed by atoms with E-state index in [2.05, 4.69) is 26.8 Å². The number of nitrogens with one attached hydrogen (secondary N) is 2. The van der Waals surface area contributed by atoms with Gasteiger partial charge in [0.1, 0.15) is 17.1 Å². The molecule has 10 nitrogen and oxygen atoms in total. The van der Waals surface area contributed by atoms with Crippen LogP contribution < -0.4 is 15.0 Å². The first-order valence-electron chi connectivity index (χ1n) is 12.7. The average Bonchev–Trinajstić information content (AvgIpc) is 3.40. The van der Waals surface area contributed by atoms with Gasteiger partial charge in [0.25, 0.3) is 5.56 Å². The second-order valence-electron chi connectivity index (χ2n) is 9.40. The molecule has 0 spiro atoms. The Morgan fingerprint density at radius 2 is 2.03 bits per heavy atom. The van der Waals surface area contributed by atoms with Gasteiger partial charge in [-0.1, -0.05) is 20.3 Å². The minimum atomic E-state index is -3.76. The van der Waals surface area contributed by atoms with Crippen molar-refractivity contribution in [1.29, 1.82) is 0 Å². The third-order valence-corrected chi connectivity index (χ3v) is 8.13. The summed E-state index contributed by atoms with van der Waals surface area (Å²) in [5.41, 5.74) is 1.74. The number of H-pyrrole nitrogens is 1. The topological polar surface area (TPSA) is 122 Å². The highest BCUT2D eigenvalue weighted by molar-refractivity contribution is 7.89. The summed E-state index contributed by atoms with van der Waals surface area (Å²) in [6.07, 6.45) is 5.30. The van der Waals surface area contributed by atoms with Crippen LogP contribution in [0, 0.1) is 0 Å². The van der Waals surface area contributed by atoms with E-state index in [1.165, 1.54) is 16.8 Å². The molecule has 36 heavy (non-hydrogen) atoms. The van der Waals surface area contributed by atoms with Gasteiger partial charge in [0, 0.05) is 19.6 Å². The zero-order chi connectivity index (χ0) is 25.9. The number of sulfonamides is 1. The van der Waals surface area contributed by atoms with E-state index in [0.29, 0.717) is 48.0 Å². The van der Waals surface area contributed by atoms with Crippen LogP contribution in [0.15, 0.2) is 27.9 Å². The zero-order valence-corrected chi connectivity index (χ0v) is 22.3. The van der Waals surface area contributed by atoms with Crippen LogP contribution in [0.3, 0.4) is 0 Å². The minimum absolute atomic E-state index is 0.101. The summed E-state index contributed by atoms with van der Waals surface area (Å²) in [6.45, 7) is 5.89. The lowest BCUT2D eigenvalue weighted by Crippen LogP contribution is -2.31. The maximum atomic E-state index is 13.1. The van der Waals surface area contributed by atoms with Crippen LogP contribution in [0.2, 0.25) is 0 Å². The average molecular weight is 517 g/mol. The predicted octanol–water partition coefficient (Wildman–Crippen LogP) is 2.83. The molecule has 4 rings (SSSR count). The molecule has 196 valence electrons. The third-order valence-electron chi connectivity index (χ3n) is 6.67. The largest absolute Gasteiger partial charge is 0.493 e. The maximum absolute atomic E-state index is 13.1. The van der Waals surface area contributed by atoms with Crippen LogP contribution in [-0.2, 0) is 23.5 Å². The molecule has 0 amide bonds. The highest BCUT2D eigenvalue weighted by Crippen LogP contribution is 2.31. The quantitative estimate of drug-likeness (QED) is 0.402. The molecule has 1 saturated heterocycles. The van der Waals surface area contributed by atoms with E-state index in [1.807, 2.05) is 13.8 Å². The van der Waals surface area contributed by atoms with Crippen molar-refractivity contribution < 1.29 is 13.2 Å². The van der Waals surface area contributed by atoms with Gasteiger partial charge in [-0.05, 0) is 63.9 Å². The fraction of sp³-hybridized carbons (Fsp3) is 0.560. The molecule has 3 aromatic rings. The van der Waals surface area contributed by atoms with Gasteiger partial charge < -0.3 is 14.6 Å². The van der Waals surface area contributed by atoms with Gasteiger partial charge in [0.2, 0.25) is 10.0 Å². The molecule has 11 heteroatoms. The Labute approximate surface area is 212 Å². The fourth-order valence-corrected chi connectivity index (χ4v) is 5.84. The molecule has 2 aromatic heterocycles. The van der Waals surface area contributed by atoms with E-state index in [0.717, 1.165) is 44.3 Å². The van der Waals surface area contributed by atoms with Crippen LogP contribution in [0.5, 0.6) is 5.75 Å². The van der Waals surface area contributed by atoms with Crippen LogP contribution in [0.1, 0.15) is 51.6 Å². The van der Waals surface area contributed by atoms with E-state index >= 15 is 0 Å². The summed E-state index contributed by atoms with van der Waals surface area (Å²) in [6, 6.07) is 5.08. The van der Waals surface area contributed by atoms with Crippen molar-refractivity contribution in [1.82, 2.24) is 29.4 Å². The highest BCUT2D eigenvalue weighted by Gasteiger charge is 2.23. The number of benzene rings is 1. The minimum Gasteiger partial charge on any atom is -0.493 e. The number of fused-ring (bicyclic) bond motifs is 1. The Kier molecular flexibility index (Phi) is 8.11. The molecule has 1 aromatic carbocycles. The first-order chi connectivity index (χ1) is 17.2. The molecular formula is C25H36N6O4S. The fourth-order valence-electron chi connectivity index (χ4n) is 4.77. The molecule has 0 bridgehead atoms. The van der Waals surface area contributed by atoms with Crippen molar-refractivity contribution in [3.8, 4) is 17.1 Å². The SMILES string of the molecule is CCCOc1ccc(S(=O)(=O)NCC[C@H]2CCCN2C)cc1-c1nc2c(CCC)nn(C)c2c(=O)[nH]1. The summed E-state index contributed by atoms with van der Waals surface area (Å²) < 4.78 is 36.5. The van der Waals surface area contributed by atoms with Gasteiger partial charge in [-0.25, -0.2) is 18.1 Å². The van der Waals surface area contributed by atoms with E-state index in [4.69, 9.17) is 9.72 Å². The number of aryl methyl sites for hydroxylation is 2. The second-order valence-corrected chi connectivity index (χ2v) is 11.2. The normalized spacial score (nSPS) is 16.7. The van der Waals surface area contributed by atoms with Crippen LogP contribution in [0.25, 0.3) is 22.4 Å². The second kappa shape index (κ2) is 11.1. The molecule has 1 aliphatic heterocycles. The Morgan fingerprint density at radius 3 is 2.72 bits per heavy atom. The summed E-state index contributed by atoms with van der Waals surface area (Å²) in [7, 11) is 0.0311. The smallest absolute Gasteiger partial charge is 0.277 e. The Hall–Kier alpha value is -2.76. The summed E-state index contributed by atoms with van der Waals surface area (Å²) >= 11 is 0. The number of likely N-dealkylation sites (tertiary alicyclic amines) is 1. The van der Waals surface area contributed by atoms with E-state index in [1.54, 1.807) is 13.1 Å². The number of aromatic amines is 1. The van der Waals surface area contributed by atoms with Crippen LogP contribution in [0.4, 0.5) is 0 Å². The lowest BCUT2D eigenvalue weighted by molar-refractivity contribution is 0.297. The summed E-state index contributed by atoms with van der Waals surface area (Å²) in [5, 5.41) is 4.47. The highest BCUT2D eigenvalue weighted by atomic mass is 32.2. The number of ether oxygens (including phenoxy) is 1. The van der Waals surface area contributed by atoms with Crippen molar-refractivity contribution in [3.63, 3.8) is 0 Å². The number of hydrogen-bond donors (Lipinski definition) is 2. The van der Waals surface area contributed by atoms with Gasteiger partial charge in [-0.3, -0.25) is 9.48 Å². The molecule has 0 unspecified atom stereocenters. The summed E-state index contributed by atoms with van der Waals surface area (Å²) in [5.74, 6) is 0.723. The maximum Gasteiger partial charge on any atom is 0.277 e. The molecule has 1 atom stereocenters. The Balaban J connectivity index is 1.70. The predicted molar refractivity (Wildman–Crippen MR) is 140 cm³/mol. The van der Waals surface area contributed by atoms with Crippen molar-refractivity contribution in [2.75, 3.05) is 26.7 Å². The standard InChI is InChI=1S/C25H36N6O4S/c1-5-8-20-22-23(31(4)29-20)25(32)28-24(27-22)19-16-18(10-11-21(19)35-15-6-2)36(33,34)26-13-12-17-9-7-14-30(17)3/h10-11,16-17,26H,5-9,12-15H2,1-4H3,(H,27,28,32)/t17-/m1/s1. The van der Waals surface area contributed by atoms with Crippen molar-refractivity contribution in [2.45, 2.75) is 63.3 Å². The van der Waals surface area contributed by atoms with Crippen molar-refractivity contribution in [3.05, 3.63) is 34.2 Å². The molecule has 0 radical (unpaired) electrons. The van der Waals surface area contributed by atoms with Crippen molar-refractivity contribution in [2.24, 2.45) is 7.05 Å². The Bertz CT molecular complexity index is 1380. The molecule has 3 heterocycles. The van der Waals surface area contributed by atoms with Gasteiger partial charge in [-0.2, -0.15) is 5.10 Å². The van der Waals surface area contributed by atoms with Gasteiger partial charge in [-0.15, -0.1) is 0 Å². The molecule has 1 aliphatic rings. The van der Waals surface area contributed by atoms with E-state index in [-0.39, 0.29) is 16.3 Å². The van der Waals surface area contributed by atoms with E-state index in [9.17, 15) is 13.2 Å². The van der Waals surface area contributed by atoms with Gasteiger partial charge in [0.05, 0.1) is 22.8 Å². The lowest BCUT2D eigenvalue weighted by Gasteiger charge is -2.19. The van der Waals surface area contributed by atoms with Crippen molar-refractivity contribution >= 4 is 21.1 Å². The molecule has 2 N–H and O–H groups in total. The molecular weight excluding hydrogens is 480 g/mol. The first kappa shape index (κ1) is 26.3. The Morgan fingerprint density at radius 1 is 1.22 bits per heavy atom. The van der Waals surface area contributed by atoms with Gasteiger partial charge in [0.15, 0.2) is 5.52 Å². The lowest BCUT2D eigenvalue weighted by atomic mass is 10.1. The zero-order valence-electron chi connectivity index (χ0n) is 21.5. The molecule has 1 fully saturated rings. The number of hydrogen-bond acceptors (Lipinski definition) is 7. The number of rotatable bonds is 11. The molecule has 0 saturated carbocycles. The van der Waals surface area contributed by atoms with Crippen LogP contribution >= 0.6 is 0 Å².